The van der Waals surface area contributed by atoms with Crippen LogP contribution >= 0.6 is 0 Å². The maximum absolute atomic E-state index is 11.7. The van der Waals surface area contributed by atoms with Crippen molar-refractivity contribution in [3.63, 3.8) is 0 Å². The van der Waals surface area contributed by atoms with Crippen molar-refractivity contribution in [1.29, 1.82) is 0 Å². The largest absolute Gasteiger partial charge is 0.337 e. The van der Waals surface area contributed by atoms with E-state index in [1.54, 1.807) is 0 Å². The van der Waals surface area contributed by atoms with Gasteiger partial charge in [-0.1, -0.05) is 0 Å². The molecule has 0 aromatic carbocycles. The van der Waals surface area contributed by atoms with E-state index in [4.69, 9.17) is 0 Å². The molecule has 0 spiro atoms. The third-order valence-electron chi connectivity index (χ3n) is 3.23. The topological polar surface area (TPSA) is 32.3 Å². The van der Waals surface area contributed by atoms with Gasteiger partial charge in [0.25, 0.3) is 0 Å². The van der Waals surface area contributed by atoms with Crippen LogP contribution in [0.25, 0.3) is 0 Å². The van der Waals surface area contributed by atoms with Crippen molar-refractivity contribution >= 4 is 5.91 Å². The molecule has 3 aliphatic rings. The van der Waals surface area contributed by atoms with Crippen LogP contribution in [-0.2, 0) is 4.79 Å². The first-order valence-electron chi connectivity index (χ1n) is 4.91. The molecule has 0 aromatic heterocycles. The maximum Gasteiger partial charge on any atom is 0.240 e. The van der Waals surface area contributed by atoms with Crippen LogP contribution < -0.4 is 5.32 Å². The minimum Gasteiger partial charge on any atom is -0.337 e. The number of likely N-dealkylation sites (tertiary alicyclic amines) is 1. The molecule has 0 aromatic rings. The number of carbonyl (C=O) groups is 1. The highest BCUT2D eigenvalue weighted by Gasteiger charge is 2.43. The summed E-state index contributed by atoms with van der Waals surface area (Å²) in [6, 6.07) is 1.39. The highest BCUT2D eigenvalue weighted by molar-refractivity contribution is 5.84. The van der Waals surface area contributed by atoms with Gasteiger partial charge in [-0.15, -0.1) is 0 Å². The van der Waals surface area contributed by atoms with Crippen LogP contribution in [0.15, 0.2) is 0 Å². The summed E-state index contributed by atoms with van der Waals surface area (Å²) in [5.74, 6) is 0.367. The number of fused-ring (bicyclic) bond motifs is 2. The van der Waals surface area contributed by atoms with Gasteiger partial charge in [-0.2, -0.15) is 0 Å². The summed E-state index contributed by atoms with van der Waals surface area (Å²) < 4.78 is 0. The van der Waals surface area contributed by atoms with Crippen molar-refractivity contribution in [2.75, 3.05) is 6.54 Å². The zero-order chi connectivity index (χ0) is 8.13. The number of amides is 1. The Bertz CT molecular complexity index is 225. The molecule has 12 heavy (non-hydrogen) atoms. The Labute approximate surface area is 72.1 Å². The molecule has 2 heterocycles. The number of hydrogen-bond donors (Lipinski definition) is 1. The summed E-state index contributed by atoms with van der Waals surface area (Å²) in [5.41, 5.74) is 0. The zero-order valence-electron chi connectivity index (χ0n) is 7.12. The summed E-state index contributed by atoms with van der Waals surface area (Å²) in [4.78, 5) is 13.8. The van der Waals surface area contributed by atoms with Crippen LogP contribution in [-0.4, -0.2) is 35.5 Å². The third kappa shape index (κ3) is 0.891. The molecule has 2 unspecified atom stereocenters. The van der Waals surface area contributed by atoms with Gasteiger partial charge in [0, 0.05) is 18.6 Å². The molecule has 3 fully saturated rings. The molecule has 2 atom stereocenters. The highest BCUT2D eigenvalue weighted by atomic mass is 16.2. The molecular formula is C9H14N2O. The second-order valence-corrected chi connectivity index (χ2v) is 4.22. The minimum atomic E-state index is 0.171. The van der Waals surface area contributed by atoms with Crippen molar-refractivity contribution in [3.8, 4) is 0 Å². The smallest absolute Gasteiger partial charge is 0.240 e. The van der Waals surface area contributed by atoms with Gasteiger partial charge < -0.3 is 10.2 Å². The van der Waals surface area contributed by atoms with Gasteiger partial charge >= 0.3 is 0 Å². The fraction of sp³-hybridized carbons (Fsp3) is 0.889. The molecule has 2 saturated heterocycles. The SMILES string of the molecule is O=C1C2CCC(CN1C1CC1)N2. The van der Waals surface area contributed by atoms with E-state index in [0.29, 0.717) is 18.0 Å². The highest BCUT2D eigenvalue weighted by Crippen LogP contribution is 2.32. The van der Waals surface area contributed by atoms with E-state index in [1.807, 2.05) is 0 Å². The lowest BCUT2D eigenvalue weighted by Crippen LogP contribution is -2.55. The minimum absolute atomic E-state index is 0.171. The van der Waals surface area contributed by atoms with Crippen LogP contribution in [0.1, 0.15) is 25.7 Å². The van der Waals surface area contributed by atoms with E-state index >= 15 is 0 Å². The zero-order valence-corrected chi connectivity index (χ0v) is 7.12. The molecule has 1 saturated carbocycles. The van der Waals surface area contributed by atoms with Gasteiger partial charge in [-0.05, 0) is 25.7 Å². The second-order valence-electron chi connectivity index (χ2n) is 4.22. The number of piperazine rings is 1. The predicted molar refractivity (Wildman–Crippen MR) is 44.7 cm³/mol. The second kappa shape index (κ2) is 2.22. The Kier molecular flexibility index (Phi) is 1.28. The van der Waals surface area contributed by atoms with Gasteiger partial charge in [0.1, 0.15) is 0 Å². The van der Waals surface area contributed by atoms with E-state index in [2.05, 4.69) is 10.2 Å². The lowest BCUT2D eigenvalue weighted by molar-refractivity contribution is -0.135. The monoisotopic (exact) mass is 166 g/mol. The first kappa shape index (κ1) is 6.89. The van der Waals surface area contributed by atoms with E-state index in [1.165, 1.54) is 19.3 Å². The van der Waals surface area contributed by atoms with E-state index < -0.39 is 0 Å². The van der Waals surface area contributed by atoms with E-state index in [-0.39, 0.29) is 6.04 Å². The number of carbonyl (C=O) groups excluding carboxylic acids is 1. The summed E-state index contributed by atoms with van der Waals surface area (Å²) in [6.07, 6.45) is 4.74. The molecule has 66 valence electrons. The average Bonchev–Trinajstić information content (AvgIpc) is 2.82. The fourth-order valence-corrected chi connectivity index (χ4v) is 2.40. The summed E-state index contributed by atoms with van der Waals surface area (Å²) in [6.45, 7) is 0.972. The lowest BCUT2D eigenvalue weighted by Gasteiger charge is -2.32. The first-order chi connectivity index (χ1) is 5.84. The summed E-state index contributed by atoms with van der Waals surface area (Å²) in [5, 5.41) is 3.36. The number of nitrogens with one attached hydrogen (secondary N) is 1. The number of hydrogen-bond acceptors (Lipinski definition) is 2. The van der Waals surface area contributed by atoms with Crippen LogP contribution in [0.4, 0.5) is 0 Å². The number of rotatable bonds is 1. The molecule has 2 bridgehead atoms. The van der Waals surface area contributed by atoms with Crippen molar-refractivity contribution in [2.24, 2.45) is 0 Å². The fourth-order valence-electron chi connectivity index (χ4n) is 2.40. The van der Waals surface area contributed by atoms with Crippen molar-refractivity contribution in [2.45, 2.75) is 43.8 Å². The van der Waals surface area contributed by atoms with Crippen LogP contribution in [0.2, 0.25) is 0 Å². The Balaban J connectivity index is 1.82. The van der Waals surface area contributed by atoms with Gasteiger partial charge in [0.2, 0.25) is 5.91 Å². The Morgan fingerprint density at radius 3 is 2.83 bits per heavy atom. The maximum atomic E-state index is 11.7. The van der Waals surface area contributed by atoms with Gasteiger partial charge in [0.15, 0.2) is 0 Å². The van der Waals surface area contributed by atoms with Gasteiger partial charge in [0.05, 0.1) is 6.04 Å². The van der Waals surface area contributed by atoms with Gasteiger partial charge in [-0.3, -0.25) is 4.79 Å². The Morgan fingerprint density at radius 1 is 1.25 bits per heavy atom. The van der Waals surface area contributed by atoms with Crippen LogP contribution in [0, 0.1) is 0 Å². The van der Waals surface area contributed by atoms with E-state index in [0.717, 1.165) is 13.0 Å². The molecule has 3 rings (SSSR count). The van der Waals surface area contributed by atoms with Crippen molar-refractivity contribution in [1.82, 2.24) is 10.2 Å². The van der Waals surface area contributed by atoms with Crippen LogP contribution in [0.5, 0.6) is 0 Å². The standard InChI is InChI=1S/C9H14N2O/c12-9-8-4-1-6(10-8)5-11(9)7-2-3-7/h6-8,10H,1-5H2. The van der Waals surface area contributed by atoms with E-state index in [9.17, 15) is 4.79 Å². The quantitative estimate of drug-likeness (QED) is 0.599. The predicted octanol–water partition coefficient (Wildman–Crippen LogP) is 0.112. The first-order valence-corrected chi connectivity index (χ1v) is 4.91. The normalized spacial score (nSPS) is 40.7. The molecule has 3 nitrogen and oxygen atoms in total. The summed E-state index contributed by atoms with van der Waals surface area (Å²) >= 11 is 0. The number of nitrogens with zero attached hydrogens (tertiary/aromatic N) is 1. The molecule has 1 N–H and O–H groups in total. The van der Waals surface area contributed by atoms with Crippen molar-refractivity contribution in [3.05, 3.63) is 0 Å². The third-order valence-corrected chi connectivity index (χ3v) is 3.23. The Hall–Kier alpha value is -0.570. The van der Waals surface area contributed by atoms with Gasteiger partial charge in [-0.25, -0.2) is 0 Å². The molecule has 1 amide bonds. The molecular weight excluding hydrogens is 152 g/mol. The summed E-state index contributed by atoms with van der Waals surface area (Å²) in [7, 11) is 0. The molecule has 3 heteroatoms. The molecule has 0 radical (unpaired) electrons. The Morgan fingerprint density at radius 2 is 2.08 bits per heavy atom. The molecule has 1 aliphatic carbocycles. The average molecular weight is 166 g/mol. The molecule has 2 aliphatic heterocycles. The van der Waals surface area contributed by atoms with Crippen LogP contribution in [0.3, 0.4) is 0 Å². The lowest BCUT2D eigenvalue weighted by atomic mass is 10.2. The van der Waals surface area contributed by atoms with Crippen molar-refractivity contribution < 1.29 is 4.79 Å².